The lowest BCUT2D eigenvalue weighted by molar-refractivity contribution is 0.181. The molecule has 2 N–H and O–H groups in total. The molecule has 0 aliphatic carbocycles. The van der Waals surface area contributed by atoms with Crippen molar-refractivity contribution in [2.45, 2.75) is 32.9 Å². The van der Waals surface area contributed by atoms with Gasteiger partial charge in [-0.25, -0.2) is 4.39 Å². The molecule has 16 heavy (non-hydrogen) atoms. The first-order valence-corrected chi connectivity index (χ1v) is 5.53. The topological polar surface area (TPSA) is 45.1 Å². The molecule has 0 fully saturated rings. The Morgan fingerprint density at radius 2 is 2.06 bits per heavy atom. The van der Waals surface area contributed by atoms with E-state index in [-0.39, 0.29) is 11.9 Å². The largest absolute Gasteiger partial charge is 0.392 e. The minimum atomic E-state index is -0.401. The lowest BCUT2D eigenvalue weighted by Crippen LogP contribution is -2.32. The van der Waals surface area contributed by atoms with Crippen molar-refractivity contribution in [1.29, 1.82) is 0 Å². The number of rotatable bonds is 5. The summed E-state index contributed by atoms with van der Waals surface area (Å²) >= 11 is 0. The molecule has 0 amide bonds. The second-order valence-electron chi connectivity index (χ2n) is 4.38. The average molecular weight is 226 g/mol. The highest BCUT2D eigenvalue weighted by Crippen LogP contribution is 2.19. The number of nitrogens with zero attached hydrogens (tertiary/aromatic N) is 1. The highest BCUT2D eigenvalue weighted by molar-refractivity contribution is 5.10. The predicted molar refractivity (Wildman–Crippen MR) is 61.5 cm³/mol. The minimum Gasteiger partial charge on any atom is -0.392 e. The van der Waals surface area contributed by atoms with Crippen LogP contribution >= 0.6 is 0 Å². The molecule has 1 rings (SSSR count). The summed E-state index contributed by atoms with van der Waals surface area (Å²) in [7, 11) is 0. The molecule has 0 radical (unpaired) electrons. The third-order valence-corrected chi connectivity index (χ3v) is 2.37. The normalized spacial score (nSPS) is 15.1. The van der Waals surface area contributed by atoms with Crippen LogP contribution in [0.2, 0.25) is 0 Å². The molecule has 0 spiro atoms. The third kappa shape index (κ3) is 3.87. The second kappa shape index (κ2) is 5.92. The van der Waals surface area contributed by atoms with E-state index in [4.69, 9.17) is 0 Å². The fraction of sp³-hybridized carbons (Fsp3) is 0.583. The summed E-state index contributed by atoms with van der Waals surface area (Å²) < 4.78 is 12.7. The summed E-state index contributed by atoms with van der Waals surface area (Å²) in [6, 6.07) is 3.12. The van der Waals surface area contributed by atoms with Crippen molar-refractivity contribution in [3.05, 3.63) is 29.8 Å². The molecule has 2 atom stereocenters. The molecule has 1 heterocycles. The van der Waals surface area contributed by atoms with Crippen LogP contribution in [0.1, 0.15) is 32.5 Å². The smallest absolute Gasteiger partial charge is 0.141 e. The van der Waals surface area contributed by atoms with Crippen molar-refractivity contribution in [2.24, 2.45) is 5.92 Å². The average Bonchev–Trinajstić information content (AvgIpc) is 2.20. The molecule has 4 heteroatoms. The summed E-state index contributed by atoms with van der Waals surface area (Å²) in [6.07, 6.45) is 0.816. The molecule has 0 saturated heterocycles. The molecule has 2 unspecified atom stereocenters. The molecule has 0 bridgehead atoms. The van der Waals surface area contributed by atoms with Crippen molar-refractivity contribution in [3.63, 3.8) is 0 Å². The highest BCUT2D eigenvalue weighted by atomic mass is 19.1. The Morgan fingerprint density at radius 3 is 2.50 bits per heavy atom. The molecule has 0 aliphatic heterocycles. The van der Waals surface area contributed by atoms with E-state index in [9.17, 15) is 9.50 Å². The first-order valence-electron chi connectivity index (χ1n) is 5.53. The highest BCUT2D eigenvalue weighted by Gasteiger charge is 2.16. The van der Waals surface area contributed by atoms with Gasteiger partial charge in [0.15, 0.2) is 0 Å². The summed E-state index contributed by atoms with van der Waals surface area (Å²) in [5.41, 5.74) is 0.803. The molecule has 3 nitrogen and oxygen atoms in total. The number of nitrogens with one attached hydrogen (secondary N) is 1. The third-order valence-electron chi connectivity index (χ3n) is 2.37. The Balaban J connectivity index is 2.73. The van der Waals surface area contributed by atoms with Gasteiger partial charge < -0.3 is 10.4 Å². The number of aliphatic hydroxyl groups is 1. The van der Waals surface area contributed by atoms with Crippen LogP contribution in [-0.4, -0.2) is 22.7 Å². The van der Waals surface area contributed by atoms with E-state index in [2.05, 4.69) is 24.1 Å². The van der Waals surface area contributed by atoms with Crippen LogP contribution in [0.15, 0.2) is 18.3 Å². The lowest BCUT2D eigenvalue weighted by atomic mass is 10.00. The summed E-state index contributed by atoms with van der Waals surface area (Å²) in [5.74, 6) is -0.00139. The van der Waals surface area contributed by atoms with Crippen LogP contribution < -0.4 is 5.32 Å². The van der Waals surface area contributed by atoms with E-state index in [0.29, 0.717) is 12.5 Å². The fourth-order valence-corrected chi connectivity index (χ4v) is 1.55. The summed E-state index contributed by atoms with van der Waals surface area (Å²) in [5, 5.41) is 12.5. The quantitative estimate of drug-likeness (QED) is 0.806. The van der Waals surface area contributed by atoms with Crippen molar-refractivity contribution >= 4 is 0 Å². The minimum absolute atomic E-state index is 0.0372. The monoisotopic (exact) mass is 226 g/mol. The Hall–Kier alpha value is -1.00. The zero-order valence-corrected chi connectivity index (χ0v) is 9.94. The van der Waals surface area contributed by atoms with Gasteiger partial charge >= 0.3 is 0 Å². The van der Waals surface area contributed by atoms with Gasteiger partial charge in [0.25, 0.3) is 0 Å². The van der Waals surface area contributed by atoms with Gasteiger partial charge in [-0.1, -0.05) is 13.8 Å². The zero-order valence-electron chi connectivity index (χ0n) is 9.94. The molecule has 1 aromatic rings. The van der Waals surface area contributed by atoms with Crippen molar-refractivity contribution in [1.82, 2.24) is 10.3 Å². The van der Waals surface area contributed by atoms with E-state index in [1.165, 1.54) is 12.3 Å². The Bertz CT molecular complexity index is 311. The number of pyridine rings is 1. The van der Waals surface area contributed by atoms with E-state index >= 15 is 0 Å². The van der Waals surface area contributed by atoms with Gasteiger partial charge in [0.2, 0.25) is 0 Å². The van der Waals surface area contributed by atoms with Crippen molar-refractivity contribution < 1.29 is 9.50 Å². The van der Waals surface area contributed by atoms with Crippen LogP contribution in [0.4, 0.5) is 4.39 Å². The van der Waals surface area contributed by atoms with Gasteiger partial charge in [-0.15, -0.1) is 0 Å². The lowest BCUT2D eigenvalue weighted by Gasteiger charge is -2.22. The van der Waals surface area contributed by atoms with Crippen LogP contribution in [-0.2, 0) is 0 Å². The number of hydrogen-bond donors (Lipinski definition) is 2. The number of aliphatic hydroxyl groups excluding tert-OH is 1. The van der Waals surface area contributed by atoms with Crippen LogP contribution in [0.5, 0.6) is 0 Å². The molecule has 0 saturated carbocycles. The van der Waals surface area contributed by atoms with E-state index < -0.39 is 6.10 Å². The van der Waals surface area contributed by atoms with Gasteiger partial charge in [-0.05, 0) is 25.0 Å². The maximum Gasteiger partial charge on any atom is 0.141 e. The molecule has 0 aliphatic rings. The first kappa shape index (κ1) is 13.1. The number of aromatic nitrogens is 1. The Morgan fingerprint density at radius 1 is 1.38 bits per heavy atom. The summed E-state index contributed by atoms with van der Waals surface area (Å²) in [6.45, 7) is 6.35. The van der Waals surface area contributed by atoms with E-state index in [0.717, 1.165) is 5.69 Å². The van der Waals surface area contributed by atoms with Gasteiger partial charge in [-0.2, -0.15) is 0 Å². The van der Waals surface area contributed by atoms with Gasteiger partial charge in [0.1, 0.15) is 5.82 Å². The molecular weight excluding hydrogens is 207 g/mol. The van der Waals surface area contributed by atoms with Gasteiger partial charge in [0.05, 0.1) is 24.0 Å². The van der Waals surface area contributed by atoms with Gasteiger partial charge in [-0.3, -0.25) is 4.98 Å². The molecule has 0 aromatic carbocycles. The Labute approximate surface area is 95.7 Å². The fourth-order valence-electron chi connectivity index (χ4n) is 1.55. The number of hydrogen-bond acceptors (Lipinski definition) is 3. The molecule has 90 valence electrons. The summed E-state index contributed by atoms with van der Waals surface area (Å²) in [4.78, 5) is 4.06. The molecule has 1 aromatic heterocycles. The predicted octanol–water partition coefficient (Wildman–Crippen LogP) is 1.89. The van der Waals surface area contributed by atoms with Crippen LogP contribution in [0.25, 0.3) is 0 Å². The Kier molecular flexibility index (Phi) is 4.83. The molecular formula is C12H19FN2O. The maximum atomic E-state index is 12.7. The standard InChI is InChI=1S/C12H19FN2O/c1-8(2)12(15-6-9(3)16)11-5-4-10(13)7-14-11/h4-5,7-9,12,15-16H,6H2,1-3H3. The SMILES string of the molecule is CC(O)CNC(c1ccc(F)cn1)C(C)C. The second-order valence-corrected chi connectivity index (χ2v) is 4.38. The van der Waals surface area contributed by atoms with Crippen molar-refractivity contribution in [2.75, 3.05) is 6.54 Å². The van der Waals surface area contributed by atoms with E-state index in [1.54, 1.807) is 13.0 Å². The van der Waals surface area contributed by atoms with E-state index in [1.807, 2.05) is 0 Å². The number of halogens is 1. The van der Waals surface area contributed by atoms with Gasteiger partial charge in [0, 0.05) is 6.54 Å². The zero-order chi connectivity index (χ0) is 12.1. The van der Waals surface area contributed by atoms with Crippen molar-refractivity contribution in [3.8, 4) is 0 Å². The maximum absolute atomic E-state index is 12.7. The van der Waals surface area contributed by atoms with Crippen LogP contribution in [0.3, 0.4) is 0 Å². The van der Waals surface area contributed by atoms with Crippen LogP contribution in [0, 0.1) is 11.7 Å². The first-order chi connectivity index (χ1) is 7.50.